The van der Waals surface area contributed by atoms with Gasteiger partial charge in [0.05, 0.1) is 16.7 Å². The molecule has 0 amide bonds. The van der Waals surface area contributed by atoms with E-state index in [0.29, 0.717) is 6.54 Å². The summed E-state index contributed by atoms with van der Waals surface area (Å²) in [5, 5.41) is 0. The van der Waals surface area contributed by atoms with E-state index in [0.717, 1.165) is 23.3 Å². The third-order valence-electron chi connectivity index (χ3n) is 3.60. The standard InChI is InChI=1S/C17H19N3/c1-12-7-8-13(2)16(11-12)20-15-6-4-3-5-14(15)19-17(20)9-10-18/h3-8,11H,9-10,18H2,1-2H3. The number of para-hydroxylation sites is 2. The van der Waals surface area contributed by atoms with Gasteiger partial charge in [-0.2, -0.15) is 0 Å². The highest BCUT2D eigenvalue weighted by Crippen LogP contribution is 2.24. The molecule has 2 aromatic carbocycles. The number of aryl methyl sites for hydroxylation is 2. The van der Waals surface area contributed by atoms with E-state index in [4.69, 9.17) is 10.7 Å². The molecule has 0 bridgehead atoms. The van der Waals surface area contributed by atoms with Crippen LogP contribution in [0, 0.1) is 13.8 Å². The first-order valence-corrected chi connectivity index (χ1v) is 6.95. The average molecular weight is 265 g/mol. The molecule has 20 heavy (non-hydrogen) atoms. The quantitative estimate of drug-likeness (QED) is 0.790. The van der Waals surface area contributed by atoms with Gasteiger partial charge in [-0.15, -0.1) is 0 Å². The molecule has 0 unspecified atom stereocenters. The summed E-state index contributed by atoms with van der Waals surface area (Å²) in [4.78, 5) is 4.73. The zero-order valence-electron chi connectivity index (χ0n) is 11.9. The van der Waals surface area contributed by atoms with Crippen molar-refractivity contribution in [3.05, 3.63) is 59.4 Å². The van der Waals surface area contributed by atoms with E-state index < -0.39 is 0 Å². The number of aromatic nitrogens is 2. The summed E-state index contributed by atoms with van der Waals surface area (Å²) in [7, 11) is 0. The van der Waals surface area contributed by atoms with Crippen molar-refractivity contribution < 1.29 is 0 Å². The fourth-order valence-electron chi connectivity index (χ4n) is 2.60. The second kappa shape index (κ2) is 5.10. The number of benzene rings is 2. The van der Waals surface area contributed by atoms with Gasteiger partial charge in [0.2, 0.25) is 0 Å². The number of nitrogens with two attached hydrogens (primary N) is 1. The van der Waals surface area contributed by atoms with Crippen LogP contribution in [0.25, 0.3) is 16.7 Å². The summed E-state index contributed by atoms with van der Waals surface area (Å²) in [6.45, 7) is 4.86. The zero-order chi connectivity index (χ0) is 14.1. The van der Waals surface area contributed by atoms with Crippen LogP contribution in [-0.2, 0) is 6.42 Å². The highest BCUT2D eigenvalue weighted by molar-refractivity contribution is 5.78. The maximum Gasteiger partial charge on any atom is 0.115 e. The first kappa shape index (κ1) is 12.9. The van der Waals surface area contributed by atoms with Gasteiger partial charge in [-0.1, -0.05) is 24.3 Å². The molecule has 0 fully saturated rings. The minimum atomic E-state index is 0.605. The third-order valence-corrected chi connectivity index (χ3v) is 3.60. The smallest absolute Gasteiger partial charge is 0.115 e. The summed E-state index contributed by atoms with van der Waals surface area (Å²) in [6.07, 6.45) is 0.780. The van der Waals surface area contributed by atoms with Gasteiger partial charge >= 0.3 is 0 Å². The molecule has 102 valence electrons. The van der Waals surface area contributed by atoms with Crippen molar-refractivity contribution in [2.45, 2.75) is 20.3 Å². The lowest BCUT2D eigenvalue weighted by atomic mass is 10.1. The average Bonchev–Trinajstić information content (AvgIpc) is 2.80. The van der Waals surface area contributed by atoms with Crippen molar-refractivity contribution in [1.29, 1.82) is 0 Å². The molecule has 0 saturated carbocycles. The number of hydrogen-bond acceptors (Lipinski definition) is 2. The van der Waals surface area contributed by atoms with Crippen molar-refractivity contribution in [1.82, 2.24) is 9.55 Å². The molecule has 1 aromatic heterocycles. The van der Waals surface area contributed by atoms with Gasteiger partial charge in [0.15, 0.2) is 0 Å². The predicted molar refractivity (Wildman–Crippen MR) is 83.3 cm³/mol. The highest BCUT2D eigenvalue weighted by atomic mass is 15.1. The van der Waals surface area contributed by atoms with E-state index in [1.165, 1.54) is 16.8 Å². The summed E-state index contributed by atoms with van der Waals surface area (Å²) < 4.78 is 2.24. The number of fused-ring (bicyclic) bond motifs is 1. The van der Waals surface area contributed by atoms with Crippen molar-refractivity contribution in [2.75, 3.05) is 6.54 Å². The maximum absolute atomic E-state index is 5.74. The normalized spacial score (nSPS) is 11.2. The first-order chi connectivity index (χ1) is 9.70. The summed E-state index contributed by atoms with van der Waals surface area (Å²) in [5.41, 5.74) is 11.6. The molecular formula is C17H19N3. The SMILES string of the molecule is Cc1ccc(C)c(-n2c(CCN)nc3ccccc32)c1. The van der Waals surface area contributed by atoms with Crippen LogP contribution >= 0.6 is 0 Å². The van der Waals surface area contributed by atoms with Crippen molar-refractivity contribution >= 4 is 11.0 Å². The van der Waals surface area contributed by atoms with Crippen LogP contribution < -0.4 is 5.73 Å². The van der Waals surface area contributed by atoms with Gasteiger partial charge in [0.25, 0.3) is 0 Å². The predicted octanol–water partition coefficient (Wildman–Crippen LogP) is 3.14. The molecule has 3 nitrogen and oxygen atoms in total. The first-order valence-electron chi connectivity index (χ1n) is 6.95. The Balaban J connectivity index is 2.33. The van der Waals surface area contributed by atoms with Crippen LogP contribution in [0.1, 0.15) is 17.0 Å². The van der Waals surface area contributed by atoms with Crippen LogP contribution in [-0.4, -0.2) is 16.1 Å². The zero-order valence-corrected chi connectivity index (χ0v) is 11.9. The maximum atomic E-state index is 5.74. The van der Waals surface area contributed by atoms with Crippen molar-refractivity contribution in [3.8, 4) is 5.69 Å². The van der Waals surface area contributed by atoms with Gasteiger partial charge in [0.1, 0.15) is 5.82 Å². The van der Waals surface area contributed by atoms with E-state index in [1.54, 1.807) is 0 Å². The molecule has 0 saturated heterocycles. The molecule has 3 aromatic rings. The lowest BCUT2D eigenvalue weighted by Gasteiger charge is -2.12. The minimum Gasteiger partial charge on any atom is -0.330 e. The van der Waals surface area contributed by atoms with E-state index in [1.807, 2.05) is 6.07 Å². The molecular weight excluding hydrogens is 246 g/mol. The van der Waals surface area contributed by atoms with Crippen LogP contribution in [0.15, 0.2) is 42.5 Å². The third kappa shape index (κ3) is 2.10. The Morgan fingerprint density at radius 2 is 1.90 bits per heavy atom. The van der Waals surface area contributed by atoms with Gasteiger partial charge < -0.3 is 5.73 Å². The Kier molecular flexibility index (Phi) is 3.28. The molecule has 3 rings (SSSR count). The van der Waals surface area contributed by atoms with Crippen molar-refractivity contribution in [3.63, 3.8) is 0 Å². The Bertz CT molecular complexity index is 756. The fraction of sp³-hybridized carbons (Fsp3) is 0.235. The van der Waals surface area contributed by atoms with Gasteiger partial charge in [-0.3, -0.25) is 4.57 Å². The molecule has 0 spiro atoms. The van der Waals surface area contributed by atoms with Gasteiger partial charge in [-0.05, 0) is 49.7 Å². The number of imidazole rings is 1. The Labute approximate surface area is 119 Å². The minimum absolute atomic E-state index is 0.605. The molecule has 0 aliphatic carbocycles. The van der Waals surface area contributed by atoms with Gasteiger partial charge in [-0.25, -0.2) is 4.98 Å². The highest BCUT2D eigenvalue weighted by Gasteiger charge is 2.13. The monoisotopic (exact) mass is 265 g/mol. The fourth-order valence-corrected chi connectivity index (χ4v) is 2.60. The molecule has 2 N–H and O–H groups in total. The van der Waals surface area contributed by atoms with Gasteiger partial charge in [0, 0.05) is 6.42 Å². The van der Waals surface area contributed by atoms with Crippen LogP contribution in [0.2, 0.25) is 0 Å². The summed E-state index contributed by atoms with van der Waals surface area (Å²) >= 11 is 0. The molecule has 0 aliphatic rings. The lowest BCUT2D eigenvalue weighted by molar-refractivity contribution is 0.845. The van der Waals surface area contributed by atoms with Crippen molar-refractivity contribution in [2.24, 2.45) is 5.73 Å². The van der Waals surface area contributed by atoms with E-state index in [-0.39, 0.29) is 0 Å². The molecule has 0 radical (unpaired) electrons. The Morgan fingerprint density at radius 1 is 1.10 bits per heavy atom. The molecule has 1 heterocycles. The van der Waals surface area contributed by atoms with Crippen LogP contribution in [0.5, 0.6) is 0 Å². The number of nitrogens with zero attached hydrogens (tertiary/aromatic N) is 2. The number of hydrogen-bond donors (Lipinski definition) is 1. The second-order valence-corrected chi connectivity index (χ2v) is 5.18. The van der Waals surface area contributed by atoms with Crippen LogP contribution in [0.4, 0.5) is 0 Å². The lowest BCUT2D eigenvalue weighted by Crippen LogP contribution is -2.09. The number of rotatable bonds is 3. The Hall–Kier alpha value is -2.13. The molecule has 0 atom stereocenters. The largest absolute Gasteiger partial charge is 0.330 e. The second-order valence-electron chi connectivity index (χ2n) is 5.18. The van der Waals surface area contributed by atoms with E-state index in [2.05, 4.69) is 54.8 Å². The molecule has 0 aliphatic heterocycles. The topological polar surface area (TPSA) is 43.8 Å². The Morgan fingerprint density at radius 3 is 2.70 bits per heavy atom. The van der Waals surface area contributed by atoms with E-state index >= 15 is 0 Å². The summed E-state index contributed by atoms with van der Waals surface area (Å²) in [6, 6.07) is 14.8. The van der Waals surface area contributed by atoms with Crippen LogP contribution in [0.3, 0.4) is 0 Å². The summed E-state index contributed by atoms with van der Waals surface area (Å²) in [5.74, 6) is 1.03. The van der Waals surface area contributed by atoms with E-state index in [9.17, 15) is 0 Å². The molecule has 3 heteroatoms.